The predicted molar refractivity (Wildman–Crippen MR) is 164 cm³/mol. The number of allylic oxidation sites excluding steroid dienone is 1. The Bertz CT molecular complexity index is 1660. The number of epoxide rings is 1. The summed E-state index contributed by atoms with van der Waals surface area (Å²) in [7, 11) is 2.23. The van der Waals surface area contributed by atoms with Gasteiger partial charge in [-0.15, -0.1) is 0 Å². The van der Waals surface area contributed by atoms with E-state index in [9.17, 15) is 34.5 Å². The normalized spacial score (nSPS) is 53.9. The van der Waals surface area contributed by atoms with E-state index in [1.165, 1.54) is 19.3 Å². The van der Waals surface area contributed by atoms with Crippen LogP contribution in [0.2, 0.25) is 0 Å². The highest BCUT2D eigenvalue weighted by atomic mass is 16.7. The molecule has 16 nitrogen and oxygen atoms in total. The summed E-state index contributed by atoms with van der Waals surface area (Å²) in [5.74, 6) is -9.76. The topological polar surface area (TPSA) is 215 Å². The van der Waals surface area contributed by atoms with Crippen LogP contribution < -0.4 is 0 Å². The van der Waals surface area contributed by atoms with Crippen LogP contribution >= 0.6 is 0 Å². The summed E-state index contributed by atoms with van der Waals surface area (Å²) in [5, 5.41) is 37.4. The molecule has 280 valence electrons. The number of carbonyl (C=O) groups excluding carboxylic acids is 4. The first-order chi connectivity index (χ1) is 23.9. The van der Waals surface area contributed by atoms with Gasteiger partial charge in [-0.1, -0.05) is 13.0 Å². The van der Waals surface area contributed by atoms with Crippen LogP contribution in [-0.4, -0.2) is 126 Å². The number of hydrogen-bond acceptors (Lipinski definition) is 16. The molecule has 16 atom stereocenters. The average Bonchev–Trinajstić information content (AvgIpc) is 3.47. The zero-order chi connectivity index (χ0) is 36.9. The van der Waals surface area contributed by atoms with Crippen molar-refractivity contribution < 1.29 is 77.1 Å². The van der Waals surface area contributed by atoms with Crippen LogP contribution in [0.25, 0.3) is 0 Å². The van der Waals surface area contributed by atoms with Crippen LogP contribution in [0.5, 0.6) is 0 Å². The molecular weight excluding hydrogens is 676 g/mol. The molecule has 1 spiro atoms. The lowest BCUT2D eigenvalue weighted by atomic mass is 9.37. The summed E-state index contributed by atoms with van der Waals surface area (Å²) < 4.78 is 54.0. The van der Waals surface area contributed by atoms with E-state index in [0.29, 0.717) is 0 Å². The standard InChI is InChI=1S/C35H44O16/c1-8-15(2)24(38)49-18-12-19(48-16(3)36)32(26(39)43-6)13-46-21-22(32)31(18)14-47-34(42,27(40)44-7)25(31)29(4,23(21)37)35-20-11-17(30(35,5)51-35)33(41)9-10-45-28(33)50-20/h8-10,17-23,25,28,37,41-42H,11-14H2,1-7H3/b15-8+/t17-,18-,19-,20+,21-,22-,23-,25+,28+,29-,30+,31+,32+,33+,34+,35+/m1/s1. The smallest absolute Gasteiger partial charge is 0.366 e. The number of carbonyl (C=O) groups is 4. The first-order valence-electron chi connectivity index (χ1n) is 17.2. The number of hydrogen-bond donors (Lipinski definition) is 3. The molecule has 3 N–H and O–H groups in total. The SMILES string of the molecule is C/C=C(\C)C(=O)O[C@@H]1C[C@@H](OC(C)=O)[C@@]2(C(=O)OC)CO[C@H]3[C@@H](O)[C@@](C)([C@]45O[C@@]4(C)[C@H]4C[C@@H]5O[C@@H]5OC=C[C@@]54O)[C@H]4[C@]1(CO[C@]4(O)C(=O)OC)[C@@H]32. The molecule has 5 aliphatic heterocycles. The third kappa shape index (κ3) is 3.65. The predicted octanol–water partition coefficient (Wildman–Crippen LogP) is -0.203. The number of fused-ring (bicyclic) bond motifs is 7. The van der Waals surface area contributed by atoms with Crippen molar-refractivity contribution in [2.75, 3.05) is 27.4 Å². The van der Waals surface area contributed by atoms with Crippen molar-refractivity contribution in [1.82, 2.24) is 0 Å². The molecule has 0 unspecified atom stereocenters. The van der Waals surface area contributed by atoms with E-state index in [2.05, 4.69) is 0 Å². The Balaban J connectivity index is 1.40. The Morgan fingerprint density at radius 2 is 1.67 bits per heavy atom. The second-order valence-corrected chi connectivity index (χ2v) is 15.8. The van der Waals surface area contributed by atoms with Gasteiger partial charge in [-0.25, -0.2) is 9.59 Å². The number of methoxy groups -OCH3 is 2. The summed E-state index contributed by atoms with van der Waals surface area (Å²) in [4.78, 5) is 54.4. The van der Waals surface area contributed by atoms with Crippen LogP contribution in [-0.2, 0) is 61.8 Å². The number of ether oxygens (including phenoxy) is 9. The second kappa shape index (κ2) is 10.5. The first kappa shape index (κ1) is 34.9. The number of aliphatic hydroxyl groups excluding tert-OH is 1. The lowest BCUT2D eigenvalue weighted by Gasteiger charge is -2.65. The molecule has 0 aromatic carbocycles. The van der Waals surface area contributed by atoms with Gasteiger partial charge in [0, 0.05) is 47.5 Å². The van der Waals surface area contributed by atoms with E-state index < -0.39 is 130 Å². The molecule has 2 bridgehead atoms. The fourth-order valence-electron chi connectivity index (χ4n) is 12.2. The van der Waals surface area contributed by atoms with Gasteiger partial charge in [0.2, 0.25) is 6.29 Å². The third-order valence-corrected chi connectivity index (χ3v) is 14.1. The van der Waals surface area contributed by atoms with Crippen molar-refractivity contribution >= 4 is 23.9 Å². The van der Waals surface area contributed by atoms with Crippen LogP contribution in [0.1, 0.15) is 47.5 Å². The van der Waals surface area contributed by atoms with Gasteiger partial charge in [-0.2, -0.15) is 0 Å². The lowest BCUT2D eigenvalue weighted by Crippen LogP contribution is -2.79. The van der Waals surface area contributed by atoms with Crippen LogP contribution in [0, 0.1) is 34.0 Å². The van der Waals surface area contributed by atoms with Gasteiger partial charge in [-0.3, -0.25) is 9.59 Å². The van der Waals surface area contributed by atoms with Gasteiger partial charge < -0.3 is 58.0 Å². The van der Waals surface area contributed by atoms with Crippen molar-refractivity contribution in [2.24, 2.45) is 34.0 Å². The van der Waals surface area contributed by atoms with Crippen molar-refractivity contribution in [3.05, 3.63) is 24.0 Å². The highest BCUT2D eigenvalue weighted by Gasteiger charge is 2.97. The zero-order valence-corrected chi connectivity index (χ0v) is 29.4. The van der Waals surface area contributed by atoms with E-state index >= 15 is 0 Å². The van der Waals surface area contributed by atoms with Crippen molar-refractivity contribution in [3.8, 4) is 0 Å². The van der Waals surface area contributed by atoms with Gasteiger partial charge in [0.15, 0.2) is 5.60 Å². The molecule has 8 aliphatic rings. The highest BCUT2D eigenvalue weighted by molar-refractivity contribution is 5.88. The fourth-order valence-corrected chi connectivity index (χ4v) is 12.2. The Morgan fingerprint density at radius 3 is 2.31 bits per heavy atom. The van der Waals surface area contributed by atoms with E-state index in [1.807, 2.05) is 0 Å². The highest BCUT2D eigenvalue weighted by Crippen LogP contribution is 2.83. The maximum absolute atomic E-state index is 14.2. The molecule has 0 radical (unpaired) electrons. The molecule has 4 saturated heterocycles. The Morgan fingerprint density at radius 1 is 0.961 bits per heavy atom. The monoisotopic (exact) mass is 720 g/mol. The first-order valence-corrected chi connectivity index (χ1v) is 17.2. The molecule has 3 saturated carbocycles. The quantitative estimate of drug-likeness (QED) is 0.140. The van der Waals surface area contributed by atoms with Gasteiger partial charge in [0.05, 0.1) is 52.0 Å². The Hall–Kier alpha value is -3.12. The fraction of sp³-hybridized carbons (Fsp3) is 0.771. The van der Waals surface area contributed by atoms with Crippen LogP contribution in [0.4, 0.5) is 0 Å². The molecule has 16 heteroatoms. The van der Waals surface area contributed by atoms with Crippen molar-refractivity contribution in [1.29, 1.82) is 0 Å². The second-order valence-electron chi connectivity index (χ2n) is 15.8. The lowest BCUT2D eigenvalue weighted by molar-refractivity contribution is -0.314. The molecular formula is C35H44O16. The summed E-state index contributed by atoms with van der Waals surface area (Å²) in [6.07, 6.45) is -3.11. The van der Waals surface area contributed by atoms with Crippen LogP contribution in [0.15, 0.2) is 24.0 Å². The minimum atomic E-state index is -2.82. The van der Waals surface area contributed by atoms with Gasteiger partial charge in [0.1, 0.15) is 28.8 Å². The number of esters is 4. The van der Waals surface area contributed by atoms with E-state index in [4.69, 9.17) is 42.6 Å². The molecule has 3 aliphatic carbocycles. The van der Waals surface area contributed by atoms with E-state index in [0.717, 1.165) is 14.2 Å². The van der Waals surface area contributed by atoms with E-state index in [1.54, 1.807) is 33.8 Å². The summed E-state index contributed by atoms with van der Waals surface area (Å²) in [6.45, 7) is 6.88. The molecule has 51 heavy (non-hydrogen) atoms. The Kier molecular flexibility index (Phi) is 7.20. The number of rotatable bonds is 6. The summed E-state index contributed by atoms with van der Waals surface area (Å²) in [6, 6.07) is 0. The maximum atomic E-state index is 14.2. The van der Waals surface area contributed by atoms with Crippen molar-refractivity contribution in [2.45, 2.75) is 107 Å². The third-order valence-electron chi connectivity index (χ3n) is 14.1. The summed E-state index contributed by atoms with van der Waals surface area (Å²) in [5.41, 5.74) is -9.47. The molecule has 0 aromatic heterocycles. The van der Waals surface area contributed by atoms with Gasteiger partial charge in [-0.05, 0) is 33.3 Å². The molecule has 7 fully saturated rings. The minimum absolute atomic E-state index is 0.235. The minimum Gasteiger partial charge on any atom is -0.469 e. The van der Waals surface area contributed by atoms with Gasteiger partial charge in [0.25, 0.3) is 5.79 Å². The molecule has 5 heterocycles. The molecule has 0 aromatic rings. The number of aliphatic hydroxyl groups is 3. The maximum Gasteiger partial charge on any atom is 0.366 e. The Labute approximate surface area is 293 Å². The molecule has 8 rings (SSSR count). The average molecular weight is 721 g/mol. The summed E-state index contributed by atoms with van der Waals surface area (Å²) >= 11 is 0. The zero-order valence-electron chi connectivity index (χ0n) is 29.4. The molecule has 0 amide bonds. The van der Waals surface area contributed by atoms with Crippen LogP contribution in [0.3, 0.4) is 0 Å². The largest absolute Gasteiger partial charge is 0.469 e. The van der Waals surface area contributed by atoms with Crippen molar-refractivity contribution in [3.63, 3.8) is 0 Å². The van der Waals surface area contributed by atoms with Gasteiger partial charge >= 0.3 is 23.9 Å². The van der Waals surface area contributed by atoms with E-state index in [-0.39, 0.29) is 18.4 Å².